The number of piperazine rings is 1. The molecular formula is C30H41N3O11. The summed E-state index contributed by atoms with van der Waals surface area (Å²) in [7, 11) is 1.56. The fraction of sp³-hybridized carbons (Fsp3) is 0.533. The lowest BCUT2D eigenvalue weighted by Gasteiger charge is -2.38. The van der Waals surface area contributed by atoms with E-state index in [9.17, 15) is 35.1 Å². The summed E-state index contributed by atoms with van der Waals surface area (Å²) in [6, 6.07) is 12.5. The first-order chi connectivity index (χ1) is 21.1. The van der Waals surface area contributed by atoms with Gasteiger partial charge in [-0.1, -0.05) is 30.3 Å². The molecule has 6 N–H and O–H groups in total. The number of benzene rings is 2. The molecule has 2 unspecified atom stereocenters. The SMILES string of the molecule is COc1ccccc1OCC(O)CN1CCN(CC(=O)Nc2c(C)cccc2COC2O[C@H](C(=O)O)[C@@H](O)[C@H](O)[C@H]2O)CC1. The topological polar surface area (TPSA) is 191 Å². The Morgan fingerprint density at radius 1 is 0.977 bits per heavy atom. The van der Waals surface area contributed by atoms with Gasteiger partial charge >= 0.3 is 5.97 Å². The third kappa shape index (κ3) is 8.64. The minimum atomic E-state index is -1.82. The van der Waals surface area contributed by atoms with Gasteiger partial charge in [-0.25, -0.2) is 4.79 Å². The summed E-state index contributed by atoms with van der Waals surface area (Å²) >= 11 is 0. The molecule has 1 amide bonds. The van der Waals surface area contributed by atoms with E-state index >= 15 is 0 Å². The summed E-state index contributed by atoms with van der Waals surface area (Å²) in [6.45, 7) is 4.96. The molecule has 4 rings (SSSR count). The van der Waals surface area contributed by atoms with Gasteiger partial charge in [0, 0.05) is 44.0 Å². The first kappa shape index (κ1) is 33.6. The Kier molecular flexibility index (Phi) is 11.9. The molecule has 0 bridgehead atoms. The van der Waals surface area contributed by atoms with Crippen LogP contribution >= 0.6 is 0 Å². The molecule has 2 aromatic carbocycles. The molecule has 6 atom stereocenters. The smallest absolute Gasteiger partial charge is 0.335 e. The van der Waals surface area contributed by atoms with Gasteiger partial charge in [0.05, 0.1) is 20.3 Å². The van der Waals surface area contributed by atoms with Crippen LogP contribution in [-0.4, -0.2) is 137 Å². The Morgan fingerprint density at radius 3 is 2.34 bits per heavy atom. The van der Waals surface area contributed by atoms with Crippen molar-refractivity contribution in [3.8, 4) is 11.5 Å². The highest BCUT2D eigenvalue weighted by Crippen LogP contribution is 2.27. The molecule has 2 saturated heterocycles. The van der Waals surface area contributed by atoms with E-state index in [-0.39, 0.29) is 25.7 Å². The number of methoxy groups -OCH3 is 1. The Labute approximate surface area is 255 Å². The first-order valence-corrected chi connectivity index (χ1v) is 14.4. The van der Waals surface area contributed by atoms with Crippen molar-refractivity contribution in [3.05, 3.63) is 53.6 Å². The van der Waals surface area contributed by atoms with Crippen molar-refractivity contribution in [3.63, 3.8) is 0 Å². The fourth-order valence-electron chi connectivity index (χ4n) is 5.18. The summed E-state index contributed by atoms with van der Waals surface area (Å²) in [5.74, 6) is -0.574. The summed E-state index contributed by atoms with van der Waals surface area (Å²) in [5.41, 5.74) is 1.82. The maximum absolute atomic E-state index is 13.0. The van der Waals surface area contributed by atoms with Crippen molar-refractivity contribution in [2.24, 2.45) is 0 Å². The van der Waals surface area contributed by atoms with Crippen LogP contribution in [0.4, 0.5) is 5.69 Å². The van der Waals surface area contributed by atoms with Crippen molar-refractivity contribution in [2.45, 2.75) is 50.3 Å². The lowest BCUT2D eigenvalue weighted by Crippen LogP contribution is -2.60. The number of carboxylic acids is 1. The van der Waals surface area contributed by atoms with E-state index in [1.807, 2.05) is 30.0 Å². The summed E-state index contributed by atoms with van der Waals surface area (Å²) in [6.07, 6.45) is -9.25. The molecule has 0 saturated carbocycles. The number of aliphatic carboxylic acids is 1. The lowest BCUT2D eigenvalue weighted by molar-refractivity contribution is -0.297. The predicted octanol–water partition coefficient (Wildman–Crippen LogP) is -0.592. The average molecular weight is 620 g/mol. The van der Waals surface area contributed by atoms with Gasteiger partial charge in [0.25, 0.3) is 0 Å². The van der Waals surface area contributed by atoms with Crippen LogP contribution in [-0.2, 0) is 25.7 Å². The fourth-order valence-corrected chi connectivity index (χ4v) is 5.18. The molecule has 2 aromatic rings. The van der Waals surface area contributed by atoms with E-state index in [1.165, 1.54) is 0 Å². The average Bonchev–Trinajstić information content (AvgIpc) is 3.00. The lowest BCUT2D eigenvalue weighted by atomic mass is 9.99. The van der Waals surface area contributed by atoms with Crippen molar-refractivity contribution < 1.29 is 54.1 Å². The van der Waals surface area contributed by atoms with Gasteiger partial charge in [0.2, 0.25) is 5.91 Å². The van der Waals surface area contributed by atoms with Crippen LogP contribution in [0.2, 0.25) is 0 Å². The highest BCUT2D eigenvalue weighted by molar-refractivity contribution is 5.93. The molecule has 0 radical (unpaired) electrons. The van der Waals surface area contributed by atoms with E-state index < -0.39 is 42.8 Å². The van der Waals surface area contributed by atoms with Gasteiger partial charge in [-0.05, 0) is 24.6 Å². The summed E-state index contributed by atoms with van der Waals surface area (Å²) in [5, 5.41) is 52.8. The molecule has 2 aliphatic heterocycles. The molecule has 0 aliphatic carbocycles. The van der Waals surface area contributed by atoms with E-state index in [1.54, 1.807) is 31.4 Å². The number of nitrogens with one attached hydrogen (secondary N) is 1. The maximum Gasteiger partial charge on any atom is 0.335 e. The zero-order valence-corrected chi connectivity index (χ0v) is 24.7. The number of hydrogen-bond acceptors (Lipinski definition) is 12. The van der Waals surface area contributed by atoms with Crippen molar-refractivity contribution >= 4 is 17.6 Å². The molecule has 14 heteroatoms. The zero-order valence-electron chi connectivity index (χ0n) is 24.7. The number of anilines is 1. The van der Waals surface area contributed by atoms with Gasteiger partial charge in [-0.3, -0.25) is 14.6 Å². The quantitative estimate of drug-likeness (QED) is 0.167. The van der Waals surface area contributed by atoms with E-state index in [0.717, 1.165) is 5.56 Å². The number of carbonyl (C=O) groups is 2. The molecule has 14 nitrogen and oxygen atoms in total. The zero-order chi connectivity index (χ0) is 31.8. The van der Waals surface area contributed by atoms with Crippen LogP contribution in [0.25, 0.3) is 0 Å². The highest BCUT2D eigenvalue weighted by atomic mass is 16.7. The number of para-hydroxylation sites is 3. The molecule has 0 spiro atoms. The van der Waals surface area contributed by atoms with Crippen LogP contribution in [0, 0.1) is 6.92 Å². The number of hydrogen-bond donors (Lipinski definition) is 6. The van der Waals surface area contributed by atoms with Crippen molar-refractivity contribution in [1.82, 2.24) is 9.80 Å². The monoisotopic (exact) mass is 619 g/mol. The van der Waals surface area contributed by atoms with Crippen LogP contribution < -0.4 is 14.8 Å². The van der Waals surface area contributed by atoms with Crippen molar-refractivity contribution in [1.29, 1.82) is 0 Å². The molecule has 2 heterocycles. The number of nitrogens with zero attached hydrogens (tertiary/aromatic N) is 2. The standard InChI is InChI=1S/C30H41N3O11/c1-18-6-5-7-19(16-43-30-27(38)25(36)26(37)28(44-30)29(39)40)24(18)31-23(35)15-33-12-10-32(11-13-33)14-20(34)17-42-22-9-4-3-8-21(22)41-2/h3-9,20,25-28,30,34,36-38H,10-17H2,1-2H3,(H,31,35)(H,39,40)/t20?,25-,26-,27+,28-,30?/m0/s1. The number of aliphatic hydroxyl groups is 4. The number of aryl methyl sites for hydroxylation is 1. The number of ether oxygens (including phenoxy) is 4. The predicted molar refractivity (Wildman–Crippen MR) is 156 cm³/mol. The van der Waals surface area contributed by atoms with Gasteiger partial charge in [0.1, 0.15) is 31.0 Å². The number of β-amino-alcohol motifs (C(OH)–C–C–N with tert-alkyl or cyclic N) is 1. The van der Waals surface area contributed by atoms with Crippen molar-refractivity contribution in [2.75, 3.05) is 58.3 Å². The number of carboxylic acid groups (broad SMARTS) is 1. The third-order valence-corrected chi connectivity index (χ3v) is 7.64. The summed E-state index contributed by atoms with van der Waals surface area (Å²) in [4.78, 5) is 28.5. The second kappa shape index (κ2) is 15.6. The van der Waals surface area contributed by atoms with E-state index in [4.69, 9.17) is 18.9 Å². The highest BCUT2D eigenvalue weighted by Gasteiger charge is 2.47. The number of amides is 1. The molecule has 44 heavy (non-hydrogen) atoms. The Bertz CT molecular complexity index is 1260. The second-order valence-electron chi connectivity index (χ2n) is 10.9. The third-order valence-electron chi connectivity index (χ3n) is 7.64. The van der Waals surface area contributed by atoms with Gasteiger partial charge < -0.3 is 49.8 Å². The Morgan fingerprint density at radius 2 is 1.66 bits per heavy atom. The normalized spacial score (nSPS) is 25.3. The van der Waals surface area contributed by atoms with Crippen LogP contribution in [0.5, 0.6) is 11.5 Å². The minimum Gasteiger partial charge on any atom is -0.493 e. The van der Waals surface area contributed by atoms with E-state index in [2.05, 4.69) is 10.2 Å². The van der Waals surface area contributed by atoms with Crippen LogP contribution in [0.1, 0.15) is 11.1 Å². The molecule has 0 aromatic heterocycles. The number of rotatable bonds is 13. The van der Waals surface area contributed by atoms with Crippen LogP contribution in [0.15, 0.2) is 42.5 Å². The van der Waals surface area contributed by atoms with Gasteiger partial charge in [0.15, 0.2) is 23.9 Å². The summed E-state index contributed by atoms with van der Waals surface area (Å²) < 4.78 is 21.8. The Hall–Kier alpha value is -3.34. The number of carbonyl (C=O) groups excluding carboxylic acids is 1. The molecule has 242 valence electrons. The first-order valence-electron chi connectivity index (χ1n) is 14.4. The Balaban J connectivity index is 1.24. The minimum absolute atomic E-state index is 0.125. The van der Waals surface area contributed by atoms with E-state index in [0.29, 0.717) is 55.5 Å². The molecule has 2 fully saturated rings. The maximum atomic E-state index is 13.0. The van der Waals surface area contributed by atoms with Crippen LogP contribution in [0.3, 0.4) is 0 Å². The largest absolute Gasteiger partial charge is 0.493 e. The number of aliphatic hydroxyl groups excluding tert-OH is 4. The molecule has 2 aliphatic rings. The second-order valence-corrected chi connectivity index (χ2v) is 10.9. The molecular weight excluding hydrogens is 578 g/mol. The van der Waals surface area contributed by atoms with Gasteiger partial charge in [-0.2, -0.15) is 0 Å². The van der Waals surface area contributed by atoms with Gasteiger partial charge in [-0.15, -0.1) is 0 Å².